The molecule has 12 N–H and O–H groups in total. The van der Waals surface area contributed by atoms with E-state index in [1.54, 1.807) is 7.11 Å². The van der Waals surface area contributed by atoms with Gasteiger partial charge in [0.25, 0.3) is 0 Å². The second-order valence-electron chi connectivity index (χ2n) is 24.0. The van der Waals surface area contributed by atoms with Gasteiger partial charge in [0.05, 0.1) is 44.2 Å². The van der Waals surface area contributed by atoms with Gasteiger partial charge in [0.1, 0.15) is 85.5 Å². The first-order valence-corrected chi connectivity index (χ1v) is 27.2. The van der Waals surface area contributed by atoms with Crippen molar-refractivity contribution >= 4 is 0 Å². The third-order valence-corrected chi connectivity index (χ3v) is 19.8. The highest BCUT2D eigenvalue weighted by molar-refractivity contribution is 5.26. The maximum Gasteiger partial charge on any atom is 0.187 e. The van der Waals surface area contributed by atoms with Crippen LogP contribution in [0.15, 0.2) is 11.6 Å². The molecule has 0 bridgehead atoms. The number of rotatable bonds is 15. The summed E-state index contributed by atoms with van der Waals surface area (Å²) in [6.45, 7) is 11.1. The molecule has 5 aliphatic heterocycles. The van der Waals surface area contributed by atoms with E-state index in [-0.39, 0.29) is 41.3 Å². The molecule has 22 heteroatoms. The van der Waals surface area contributed by atoms with Crippen molar-refractivity contribution in [2.75, 3.05) is 26.9 Å². The van der Waals surface area contributed by atoms with Crippen molar-refractivity contribution in [2.45, 2.75) is 240 Å². The predicted octanol–water partition coefficient (Wildman–Crippen LogP) is -1.33. The minimum absolute atomic E-state index is 0.00465. The van der Waals surface area contributed by atoms with Gasteiger partial charge >= 0.3 is 0 Å². The van der Waals surface area contributed by atoms with E-state index in [2.05, 4.69) is 26.8 Å². The zero-order valence-electron chi connectivity index (χ0n) is 43.7. The number of aliphatic hydroxyl groups is 12. The Morgan fingerprint density at radius 3 is 1.86 bits per heavy atom. The van der Waals surface area contributed by atoms with Crippen LogP contribution in [0.1, 0.15) is 99.3 Å². The van der Waals surface area contributed by atoms with Gasteiger partial charge in [-0.05, 0) is 106 Å². The summed E-state index contributed by atoms with van der Waals surface area (Å²) in [6.07, 6.45) is -19.4. The molecule has 426 valence electrons. The summed E-state index contributed by atoms with van der Waals surface area (Å²) in [5, 5.41) is 127. The van der Waals surface area contributed by atoms with Crippen LogP contribution in [-0.2, 0) is 47.4 Å². The Bertz CT molecular complexity index is 1920. The van der Waals surface area contributed by atoms with Gasteiger partial charge in [-0.3, -0.25) is 0 Å². The van der Waals surface area contributed by atoms with Crippen LogP contribution in [0.2, 0.25) is 0 Å². The van der Waals surface area contributed by atoms with Gasteiger partial charge in [0.15, 0.2) is 30.9 Å². The van der Waals surface area contributed by atoms with Gasteiger partial charge in [0.2, 0.25) is 0 Å². The van der Waals surface area contributed by atoms with E-state index in [1.807, 2.05) is 6.92 Å². The maximum absolute atomic E-state index is 12.1. The van der Waals surface area contributed by atoms with E-state index in [0.717, 1.165) is 32.1 Å². The fourth-order valence-corrected chi connectivity index (χ4v) is 15.3. The standard InChI is InChI=1S/C52H86O22/c1-21(20-66-46-40(61)39(60)36(57)31(18-53)70-46)10-15-52(65-7)22(2)33-30(74-52)17-29-27-9-8-25-16-26(11-13-50(25,5)28(27)12-14-51(29,33)6)69-49-45(73-48-42(63)38(59)35(56)24(4)68-48)43(64)44(32(19-54)71-49)72-47-41(62)37(58)34(55)23(3)67-47/h8,21-24,26-49,53-64H,9-20H2,1-7H3/t21-,22-,23+,24+,26+,27-,28-,29+,30+,31-,32-,33+,34+,35+,36-,37-,38-,39+,40+,41+,42-,43+,44-,45?,46-,47+,48-,49+,50+,51+,52-/m1/s1. The Morgan fingerprint density at radius 1 is 0.649 bits per heavy atom. The summed E-state index contributed by atoms with van der Waals surface area (Å²) in [6, 6.07) is 0. The van der Waals surface area contributed by atoms with Crippen LogP contribution in [0.25, 0.3) is 0 Å². The Balaban J connectivity index is 0.854. The predicted molar refractivity (Wildman–Crippen MR) is 254 cm³/mol. The zero-order chi connectivity index (χ0) is 53.5. The molecule has 9 aliphatic rings. The fraction of sp³-hybridized carbons (Fsp3) is 0.962. The third kappa shape index (κ3) is 10.1. The van der Waals surface area contributed by atoms with Gasteiger partial charge in [0, 0.05) is 19.4 Å². The van der Waals surface area contributed by atoms with E-state index in [1.165, 1.54) is 19.4 Å². The van der Waals surface area contributed by atoms with Crippen LogP contribution < -0.4 is 0 Å². The molecule has 0 aromatic carbocycles. The monoisotopic (exact) mass is 1060 g/mol. The van der Waals surface area contributed by atoms with Crippen LogP contribution >= 0.6 is 0 Å². The highest BCUT2D eigenvalue weighted by Crippen LogP contribution is 2.70. The van der Waals surface area contributed by atoms with Crippen molar-refractivity contribution in [3.8, 4) is 0 Å². The average molecular weight is 1060 g/mol. The first-order chi connectivity index (χ1) is 35.0. The van der Waals surface area contributed by atoms with E-state index in [0.29, 0.717) is 43.4 Å². The lowest BCUT2D eigenvalue weighted by molar-refractivity contribution is -0.388. The quantitative estimate of drug-likeness (QED) is 0.0846. The second kappa shape index (κ2) is 22.4. The Labute approximate surface area is 432 Å². The van der Waals surface area contributed by atoms with Crippen molar-refractivity contribution in [2.24, 2.45) is 46.3 Å². The molecule has 0 radical (unpaired) electrons. The molecule has 3 saturated carbocycles. The molecular weight excluding hydrogens is 977 g/mol. The van der Waals surface area contributed by atoms with Gasteiger partial charge < -0.3 is 109 Å². The fourth-order valence-electron chi connectivity index (χ4n) is 15.3. The first kappa shape index (κ1) is 57.5. The van der Waals surface area contributed by atoms with Crippen molar-refractivity contribution in [3.05, 3.63) is 11.6 Å². The largest absolute Gasteiger partial charge is 0.394 e. The molecule has 0 amide bonds. The van der Waals surface area contributed by atoms with Crippen molar-refractivity contribution in [1.29, 1.82) is 0 Å². The van der Waals surface area contributed by atoms with Crippen LogP contribution in [0.5, 0.6) is 0 Å². The highest BCUT2D eigenvalue weighted by Gasteiger charge is 2.68. The number of methoxy groups -OCH3 is 1. The summed E-state index contributed by atoms with van der Waals surface area (Å²) in [4.78, 5) is 0. The molecule has 0 aromatic rings. The molecule has 1 unspecified atom stereocenters. The molecule has 8 fully saturated rings. The van der Waals surface area contributed by atoms with E-state index in [4.69, 9.17) is 47.4 Å². The molecule has 9 rings (SSSR count). The first-order valence-electron chi connectivity index (χ1n) is 27.2. The second-order valence-corrected chi connectivity index (χ2v) is 24.0. The lowest BCUT2D eigenvalue weighted by atomic mass is 9.47. The smallest absolute Gasteiger partial charge is 0.187 e. The average Bonchev–Trinajstić information content (AvgIpc) is 3.84. The zero-order valence-corrected chi connectivity index (χ0v) is 43.7. The molecular formula is C52H86O22. The summed E-state index contributed by atoms with van der Waals surface area (Å²) < 4.78 is 61.5. The van der Waals surface area contributed by atoms with Gasteiger partial charge in [-0.2, -0.15) is 0 Å². The lowest BCUT2D eigenvalue weighted by Gasteiger charge is -2.58. The van der Waals surface area contributed by atoms with Gasteiger partial charge in [-0.1, -0.05) is 39.3 Å². The Morgan fingerprint density at radius 2 is 1.24 bits per heavy atom. The molecule has 74 heavy (non-hydrogen) atoms. The summed E-state index contributed by atoms with van der Waals surface area (Å²) in [7, 11) is 1.72. The number of allylic oxidation sites excluding steroid dienone is 1. The number of hydrogen-bond donors (Lipinski definition) is 12. The van der Waals surface area contributed by atoms with Crippen LogP contribution in [0.4, 0.5) is 0 Å². The van der Waals surface area contributed by atoms with Gasteiger partial charge in [-0.25, -0.2) is 0 Å². The summed E-state index contributed by atoms with van der Waals surface area (Å²) >= 11 is 0. The Kier molecular flexibility index (Phi) is 17.4. The van der Waals surface area contributed by atoms with Crippen molar-refractivity contribution in [1.82, 2.24) is 0 Å². The molecule has 22 nitrogen and oxygen atoms in total. The highest BCUT2D eigenvalue weighted by atomic mass is 16.8. The van der Waals surface area contributed by atoms with Crippen molar-refractivity contribution in [3.63, 3.8) is 0 Å². The van der Waals surface area contributed by atoms with E-state index < -0.39 is 148 Å². The molecule has 5 heterocycles. The third-order valence-electron chi connectivity index (χ3n) is 19.8. The van der Waals surface area contributed by atoms with E-state index in [9.17, 15) is 61.3 Å². The number of aliphatic hydroxyl groups excluding tert-OH is 12. The number of ether oxygens (including phenoxy) is 10. The maximum atomic E-state index is 12.1. The number of hydrogen-bond acceptors (Lipinski definition) is 22. The normalized spacial score (nSPS) is 54.9. The minimum atomic E-state index is -1.74. The van der Waals surface area contributed by atoms with Crippen molar-refractivity contribution < 1.29 is 109 Å². The Hall–Kier alpha value is -1.14. The van der Waals surface area contributed by atoms with Gasteiger partial charge in [-0.15, -0.1) is 0 Å². The summed E-state index contributed by atoms with van der Waals surface area (Å²) in [5.41, 5.74) is 1.19. The molecule has 5 saturated heterocycles. The molecule has 4 aliphatic carbocycles. The molecule has 31 atom stereocenters. The lowest BCUT2D eigenvalue weighted by Crippen LogP contribution is -2.66. The van der Waals surface area contributed by atoms with Crippen LogP contribution in [-0.4, -0.2) is 229 Å². The topological polar surface area (TPSA) is 335 Å². The van der Waals surface area contributed by atoms with Crippen LogP contribution in [0, 0.1) is 46.3 Å². The number of fused-ring (bicyclic) bond motifs is 7. The van der Waals surface area contributed by atoms with E-state index >= 15 is 0 Å². The van der Waals surface area contributed by atoms with Crippen LogP contribution in [0.3, 0.4) is 0 Å². The summed E-state index contributed by atoms with van der Waals surface area (Å²) in [5.74, 6) is 0.884. The minimum Gasteiger partial charge on any atom is -0.394 e. The SMILES string of the molecule is CO[C@]1(CC[C@@H](C)CO[C@@H]2O[C@H](CO)[C@@H](O)[C@H](O)[C@@H]2O)O[C@H]2C[C@H]3[C@@H]4CC=C5C[C@@H](O[C@H]6O[C@H](CO)[C@@H](O[C@@H]7O[C@@H](C)[C@H](O)[C@@H](O)[C@@H]7O)[C@H](O)C6O[C@H]6O[C@@H](C)[C@H](O)[C@@H](O)[C@H]6O)CC[C@]5(C)[C@@H]4CC[C@]3(C)[C@H]2[C@H]1C. The molecule has 0 aromatic heterocycles. The molecule has 0 spiro atoms.